The van der Waals surface area contributed by atoms with E-state index in [0.717, 1.165) is 0 Å². The van der Waals surface area contributed by atoms with Crippen LogP contribution in [0.1, 0.15) is 41.5 Å². The van der Waals surface area contributed by atoms with Crippen molar-refractivity contribution in [3.8, 4) is 0 Å². The van der Waals surface area contributed by atoms with Gasteiger partial charge < -0.3 is 0 Å². The van der Waals surface area contributed by atoms with Crippen LogP contribution in [-0.2, 0) is 0 Å². The van der Waals surface area contributed by atoms with Crippen LogP contribution in [0.4, 0.5) is 0 Å². The lowest BCUT2D eigenvalue weighted by Crippen LogP contribution is -1.98. The minimum absolute atomic E-state index is 0.207. The van der Waals surface area contributed by atoms with Crippen molar-refractivity contribution < 1.29 is 0 Å². The molecule has 0 atom stereocenters. The third kappa shape index (κ3) is 9.30. The molecule has 0 amide bonds. The van der Waals surface area contributed by atoms with E-state index in [1.54, 1.807) is 0 Å². The van der Waals surface area contributed by atoms with E-state index in [4.69, 9.17) is 0 Å². The van der Waals surface area contributed by atoms with Crippen LogP contribution < -0.4 is 0 Å². The van der Waals surface area contributed by atoms with Gasteiger partial charge in [-0.05, 0) is 23.0 Å². The molecule has 0 heteroatoms. The third-order valence-corrected chi connectivity index (χ3v) is 1.09. The van der Waals surface area contributed by atoms with Crippen LogP contribution in [0.25, 0.3) is 0 Å². The summed E-state index contributed by atoms with van der Waals surface area (Å²) in [4.78, 5) is 0. The number of rotatable bonds is 0. The second-order valence-electron chi connectivity index (χ2n) is 5.31. The van der Waals surface area contributed by atoms with Gasteiger partial charge in [0.25, 0.3) is 0 Å². The van der Waals surface area contributed by atoms with Gasteiger partial charge >= 0.3 is 0 Å². The monoisotopic (exact) mass is 164 g/mol. The summed E-state index contributed by atoms with van der Waals surface area (Å²) < 4.78 is 0. The lowest BCUT2D eigenvalue weighted by molar-refractivity contribution is 0.542. The maximum Gasteiger partial charge on any atom is -0.0121 e. The zero-order chi connectivity index (χ0) is 9.83. The molecule has 0 saturated carbocycles. The molecule has 0 aliphatic rings. The van der Waals surface area contributed by atoms with E-state index in [2.05, 4.69) is 53.0 Å². The second-order valence-corrected chi connectivity index (χ2v) is 5.31. The molecule has 0 saturated heterocycles. The Labute approximate surface area is 76.7 Å². The van der Waals surface area contributed by atoms with Crippen molar-refractivity contribution in [3.05, 3.63) is 23.6 Å². The molecule has 0 aliphatic carbocycles. The Balaban J connectivity index is 4.45. The topological polar surface area (TPSA) is 0 Å². The van der Waals surface area contributed by atoms with Gasteiger partial charge in [0.15, 0.2) is 0 Å². The smallest absolute Gasteiger partial charge is 0.0121 e. The van der Waals surface area contributed by atoms with E-state index in [9.17, 15) is 0 Å². The average molecular weight is 164 g/mol. The molecule has 0 aliphatic heterocycles. The summed E-state index contributed by atoms with van der Waals surface area (Å²) >= 11 is 0. The van der Waals surface area contributed by atoms with E-state index < -0.39 is 0 Å². The van der Waals surface area contributed by atoms with Crippen LogP contribution in [0.15, 0.2) is 23.6 Å². The van der Waals surface area contributed by atoms with Gasteiger partial charge in [-0.3, -0.25) is 0 Å². The Bertz CT molecular complexity index is 192. The first kappa shape index (κ1) is 11.3. The summed E-state index contributed by atoms with van der Waals surface area (Å²) in [6.45, 7) is 12.9. The highest BCUT2D eigenvalue weighted by Crippen LogP contribution is 2.14. The van der Waals surface area contributed by atoms with E-state index in [1.165, 1.54) is 0 Å². The van der Waals surface area contributed by atoms with Crippen molar-refractivity contribution >= 4 is 0 Å². The first-order valence-corrected chi connectivity index (χ1v) is 4.40. The maximum absolute atomic E-state index is 3.05. The van der Waals surface area contributed by atoms with Gasteiger partial charge in [-0.2, -0.15) is 0 Å². The van der Waals surface area contributed by atoms with Crippen LogP contribution in [0.5, 0.6) is 0 Å². The van der Waals surface area contributed by atoms with Gasteiger partial charge in [0.2, 0.25) is 0 Å². The van der Waals surface area contributed by atoms with Gasteiger partial charge in [0.05, 0.1) is 0 Å². The van der Waals surface area contributed by atoms with Gasteiger partial charge in [-0.15, -0.1) is 0 Å². The predicted molar refractivity (Wildman–Crippen MR) is 55.1 cm³/mol. The molecular formula is C12H20. The average Bonchev–Trinajstić information content (AvgIpc) is 1.76. The fourth-order valence-corrected chi connectivity index (χ4v) is 0.516. The summed E-state index contributed by atoms with van der Waals surface area (Å²) in [6.07, 6.45) is 4.07. The van der Waals surface area contributed by atoms with Crippen molar-refractivity contribution in [1.82, 2.24) is 0 Å². The van der Waals surface area contributed by atoms with Crippen molar-refractivity contribution in [2.45, 2.75) is 41.5 Å². The van der Waals surface area contributed by atoms with Crippen LogP contribution in [0.3, 0.4) is 0 Å². The van der Waals surface area contributed by atoms with E-state index in [0.29, 0.717) is 0 Å². The molecule has 0 fully saturated rings. The highest BCUT2D eigenvalue weighted by molar-refractivity contribution is 4.96. The van der Waals surface area contributed by atoms with Crippen LogP contribution >= 0.6 is 0 Å². The zero-order valence-electron chi connectivity index (χ0n) is 9.15. The standard InChI is InChI=1S/C12H20/c1-11(2,3)9-7-8-10-12(4,5)6/h9-10H,1-6H3. The van der Waals surface area contributed by atoms with Gasteiger partial charge in [0.1, 0.15) is 0 Å². The summed E-state index contributed by atoms with van der Waals surface area (Å²) in [5, 5.41) is 0. The summed E-state index contributed by atoms with van der Waals surface area (Å²) in [6, 6.07) is 0. The van der Waals surface area contributed by atoms with Crippen molar-refractivity contribution in [2.24, 2.45) is 10.8 Å². The largest absolute Gasteiger partial charge is 0.0744 e. The molecule has 0 aromatic carbocycles. The van der Waals surface area contributed by atoms with Crippen molar-refractivity contribution in [3.63, 3.8) is 0 Å². The van der Waals surface area contributed by atoms with E-state index >= 15 is 0 Å². The van der Waals surface area contributed by atoms with Crippen molar-refractivity contribution in [1.29, 1.82) is 0 Å². The highest BCUT2D eigenvalue weighted by atomic mass is 14.1. The second kappa shape index (κ2) is 3.81. The minimum Gasteiger partial charge on any atom is -0.0744 e. The molecule has 0 unspecified atom stereocenters. The Morgan fingerprint density at radius 2 is 0.917 bits per heavy atom. The summed E-state index contributed by atoms with van der Waals surface area (Å²) in [5.74, 6) is 0. The molecule has 0 rings (SSSR count). The normalized spacial score (nSPS) is 11.5. The molecule has 0 N–H and O–H groups in total. The lowest BCUT2D eigenvalue weighted by atomic mass is 9.96. The molecule has 68 valence electrons. The SMILES string of the molecule is CC(C)(C)C=C=C=CC(C)(C)C. The fourth-order valence-electron chi connectivity index (χ4n) is 0.516. The molecule has 0 nitrogen and oxygen atoms in total. The first-order valence-electron chi connectivity index (χ1n) is 4.40. The third-order valence-electron chi connectivity index (χ3n) is 1.09. The molecule has 0 spiro atoms. The molecular weight excluding hydrogens is 144 g/mol. The summed E-state index contributed by atoms with van der Waals surface area (Å²) in [5.41, 5.74) is 6.52. The highest BCUT2D eigenvalue weighted by Gasteiger charge is 2.03. The van der Waals surface area contributed by atoms with Crippen LogP contribution in [-0.4, -0.2) is 0 Å². The molecule has 0 aromatic rings. The molecule has 0 bridgehead atoms. The Morgan fingerprint density at radius 3 is 1.08 bits per heavy atom. The van der Waals surface area contributed by atoms with Crippen LogP contribution in [0, 0.1) is 10.8 Å². The van der Waals surface area contributed by atoms with Gasteiger partial charge in [-0.1, -0.05) is 53.0 Å². The Hall–Kier alpha value is -0.700. The van der Waals surface area contributed by atoms with Gasteiger partial charge in [0, 0.05) is 0 Å². The minimum atomic E-state index is 0.207. The fraction of sp³-hybridized carbons (Fsp3) is 0.667. The quantitative estimate of drug-likeness (QED) is 0.476. The van der Waals surface area contributed by atoms with E-state index in [1.807, 2.05) is 12.2 Å². The van der Waals surface area contributed by atoms with E-state index in [-0.39, 0.29) is 10.8 Å². The number of hydrogen-bond donors (Lipinski definition) is 0. The lowest BCUT2D eigenvalue weighted by Gasteiger charge is -2.09. The maximum atomic E-state index is 3.05. The Morgan fingerprint density at radius 1 is 0.667 bits per heavy atom. The number of hydrogen-bond acceptors (Lipinski definition) is 0. The van der Waals surface area contributed by atoms with Crippen molar-refractivity contribution in [2.75, 3.05) is 0 Å². The zero-order valence-corrected chi connectivity index (χ0v) is 9.15. The molecule has 0 aromatic heterocycles. The van der Waals surface area contributed by atoms with Crippen LogP contribution in [0.2, 0.25) is 0 Å². The molecule has 0 heterocycles. The number of allylic oxidation sites excluding steroid dienone is 2. The first-order chi connectivity index (χ1) is 5.21. The molecule has 12 heavy (non-hydrogen) atoms. The molecule has 0 radical (unpaired) electrons. The summed E-state index contributed by atoms with van der Waals surface area (Å²) in [7, 11) is 0. The van der Waals surface area contributed by atoms with Gasteiger partial charge in [-0.25, -0.2) is 0 Å². The predicted octanol–water partition coefficient (Wildman–Crippen LogP) is 3.95. The Kier molecular flexibility index (Phi) is 3.58.